The van der Waals surface area contributed by atoms with Gasteiger partial charge >= 0.3 is 0 Å². The normalized spacial score (nSPS) is 15.3. The van der Waals surface area contributed by atoms with Crippen molar-refractivity contribution >= 4 is 11.6 Å². The summed E-state index contributed by atoms with van der Waals surface area (Å²) in [6, 6.07) is 18.1. The molecular weight excluding hydrogens is 336 g/mol. The van der Waals surface area contributed by atoms with Gasteiger partial charge in [0.25, 0.3) is 0 Å². The van der Waals surface area contributed by atoms with Gasteiger partial charge in [-0.1, -0.05) is 42.2 Å². The summed E-state index contributed by atoms with van der Waals surface area (Å²) in [4.78, 5) is 15.1. The zero-order valence-electron chi connectivity index (χ0n) is 16.0. The standard InChI is InChI=1S/C23H26N2O2/c1-25(2)21-12-10-19(11-13-21)7-6-16-24-22(26)23(14-17-27-18-15-23)20-8-4-3-5-9-20/h3-5,8-13H,14-18H2,1-2H3,(H,24,26). The maximum absolute atomic E-state index is 13.0. The maximum atomic E-state index is 13.0. The van der Waals surface area contributed by atoms with Crippen LogP contribution in [0.3, 0.4) is 0 Å². The topological polar surface area (TPSA) is 41.6 Å². The molecule has 1 fully saturated rings. The third kappa shape index (κ3) is 4.50. The highest BCUT2D eigenvalue weighted by Crippen LogP contribution is 2.35. The molecule has 140 valence electrons. The fourth-order valence-corrected chi connectivity index (χ4v) is 3.41. The van der Waals surface area contributed by atoms with Crippen molar-refractivity contribution in [1.29, 1.82) is 0 Å². The van der Waals surface area contributed by atoms with Crippen LogP contribution in [0.15, 0.2) is 54.6 Å². The summed E-state index contributed by atoms with van der Waals surface area (Å²) in [6.07, 6.45) is 1.39. The predicted molar refractivity (Wildman–Crippen MR) is 109 cm³/mol. The second-order valence-electron chi connectivity index (χ2n) is 6.99. The van der Waals surface area contributed by atoms with Gasteiger partial charge < -0.3 is 15.0 Å². The molecule has 3 rings (SSSR count). The van der Waals surface area contributed by atoms with E-state index in [9.17, 15) is 4.79 Å². The highest BCUT2D eigenvalue weighted by atomic mass is 16.5. The monoisotopic (exact) mass is 362 g/mol. The first-order valence-corrected chi connectivity index (χ1v) is 9.30. The first kappa shape index (κ1) is 19.0. The van der Waals surface area contributed by atoms with Crippen molar-refractivity contribution in [3.05, 3.63) is 65.7 Å². The fourth-order valence-electron chi connectivity index (χ4n) is 3.41. The number of carbonyl (C=O) groups excluding carboxylic acids is 1. The van der Waals surface area contributed by atoms with Crippen molar-refractivity contribution in [2.24, 2.45) is 0 Å². The minimum absolute atomic E-state index is 0.0363. The molecule has 4 nitrogen and oxygen atoms in total. The average Bonchev–Trinajstić information content (AvgIpc) is 2.72. The Hall–Kier alpha value is -2.77. The van der Waals surface area contributed by atoms with Gasteiger partial charge in [0.1, 0.15) is 0 Å². The Morgan fingerprint density at radius 2 is 1.74 bits per heavy atom. The lowest BCUT2D eigenvalue weighted by Gasteiger charge is -2.36. The first-order valence-electron chi connectivity index (χ1n) is 9.30. The average molecular weight is 362 g/mol. The Labute approximate surface area is 161 Å². The number of benzene rings is 2. The van der Waals surface area contributed by atoms with Crippen molar-refractivity contribution in [3.8, 4) is 11.8 Å². The molecule has 4 heteroatoms. The molecule has 1 amide bonds. The van der Waals surface area contributed by atoms with Crippen molar-refractivity contribution < 1.29 is 9.53 Å². The molecule has 0 spiro atoms. The van der Waals surface area contributed by atoms with Crippen LogP contribution in [-0.4, -0.2) is 39.8 Å². The third-order valence-electron chi connectivity index (χ3n) is 5.06. The van der Waals surface area contributed by atoms with E-state index in [1.54, 1.807) is 0 Å². The van der Waals surface area contributed by atoms with Crippen molar-refractivity contribution in [3.63, 3.8) is 0 Å². The Kier molecular flexibility index (Phi) is 6.16. The Bertz CT molecular complexity index is 811. The summed E-state index contributed by atoms with van der Waals surface area (Å²) in [6.45, 7) is 1.54. The lowest BCUT2D eigenvalue weighted by Crippen LogP contribution is -2.48. The summed E-state index contributed by atoms with van der Waals surface area (Å²) in [5, 5.41) is 3.02. The number of carbonyl (C=O) groups is 1. The summed E-state index contributed by atoms with van der Waals surface area (Å²) < 4.78 is 5.49. The van der Waals surface area contributed by atoms with Crippen LogP contribution in [0.4, 0.5) is 5.69 Å². The Balaban J connectivity index is 1.65. The van der Waals surface area contributed by atoms with Crippen LogP contribution in [0.5, 0.6) is 0 Å². The highest BCUT2D eigenvalue weighted by molar-refractivity contribution is 5.88. The smallest absolute Gasteiger partial charge is 0.231 e. The quantitative estimate of drug-likeness (QED) is 0.851. The van der Waals surface area contributed by atoms with Gasteiger partial charge in [-0.3, -0.25) is 4.79 Å². The zero-order chi connectivity index (χ0) is 19.1. The first-order chi connectivity index (χ1) is 13.1. The molecule has 1 N–H and O–H groups in total. The third-order valence-corrected chi connectivity index (χ3v) is 5.06. The number of rotatable bonds is 4. The Morgan fingerprint density at radius 3 is 2.37 bits per heavy atom. The van der Waals surface area contributed by atoms with Gasteiger partial charge in [0.05, 0.1) is 12.0 Å². The highest BCUT2D eigenvalue weighted by Gasteiger charge is 2.41. The van der Waals surface area contributed by atoms with E-state index in [1.807, 2.05) is 73.6 Å². The zero-order valence-corrected chi connectivity index (χ0v) is 16.0. The van der Waals surface area contributed by atoms with E-state index in [-0.39, 0.29) is 5.91 Å². The van der Waals surface area contributed by atoms with Crippen molar-refractivity contribution in [2.45, 2.75) is 18.3 Å². The van der Waals surface area contributed by atoms with E-state index < -0.39 is 5.41 Å². The van der Waals surface area contributed by atoms with E-state index in [0.717, 1.165) is 16.8 Å². The molecule has 1 aliphatic heterocycles. The van der Waals surface area contributed by atoms with Gasteiger partial charge in [0, 0.05) is 38.6 Å². The maximum Gasteiger partial charge on any atom is 0.231 e. The molecule has 2 aromatic rings. The second kappa shape index (κ2) is 8.75. The molecule has 0 aliphatic carbocycles. The van der Waals surface area contributed by atoms with Crippen LogP contribution in [0.2, 0.25) is 0 Å². The summed E-state index contributed by atoms with van der Waals surface area (Å²) in [7, 11) is 4.02. The molecule has 0 aromatic heterocycles. The van der Waals surface area contributed by atoms with Crippen molar-refractivity contribution in [1.82, 2.24) is 5.32 Å². The molecular formula is C23H26N2O2. The number of hydrogen-bond acceptors (Lipinski definition) is 3. The molecule has 0 radical (unpaired) electrons. The van der Waals surface area contributed by atoms with Gasteiger partial charge in [0.15, 0.2) is 0 Å². The van der Waals surface area contributed by atoms with Gasteiger partial charge in [-0.05, 0) is 42.7 Å². The van der Waals surface area contributed by atoms with Crippen LogP contribution in [0.25, 0.3) is 0 Å². The van der Waals surface area contributed by atoms with E-state index in [1.165, 1.54) is 0 Å². The molecule has 1 aliphatic rings. The molecule has 1 heterocycles. The van der Waals surface area contributed by atoms with Crippen LogP contribution >= 0.6 is 0 Å². The number of amides is 1. The van der Waals surface area contributed by atoms with Crippen LogP contribution in [-0.2, 0) is 14.9 Å². The molecule has 0 saturated carbocycles. The van der Waals surface area contributed by atoms with Crippen LogP contribution < -0.4 is 10.2 Å². The van der Waals surface area contributed by atoms with Crippen LogP contribution in [0, 0.1) is 11.8 Å². The van der Waals surface area contributed by atoms with E-state index in [0.29, 0.717) is 32.6 Å². The molecule has 0 atom stereocenters. The van der Waals surface area contributed by atoms with E-state index >= 15 is 0 Å². The minimum atomic E-state index is -0.519. The molecule has 1 saturated heterocycles. The second-order valence-corrected chi connectivity index (χ2v) is 6.99. The summed E-state index contributed by atoms with van der Waals surface area (Å²) >= 11 is 0. The minimum Gasteiger partial charge on any atom is -0.381 e. The lowest BCUT2D eigenvalue weighted by atomic mass is 9.73. The van der Waals surface area contributed by atoms with Gasteiger partial charge in [-0.2, -0.15) is 0 Å². The van der Waals surface area contributed by atoms with Crippen LogP contribution in [0.1, 0.15) is 24.0 Å². The molecule has 0 bridgehead atoms. The number of nitrogens with one attached hydrogen (secondary N) is 1. The summed E-state index contributed by atoms with van der Waals surface area (Å²) in [5.74, 6) is 6.21. The molecule has 0 unspecified atom stereocenters. The van der Waals surface area contributed by atoms with Gasteiger partial charge in [-0.15, -0.1) is 0 Å². The van der Waals surface area contributed by atoms with Gasteiger partial charge in [0.2, 0.25) is 5.91 Å². The van der Waals surface area contributed by atoms with E-state index in [4.69, 9.17) is 4.74 Å². The molecule has 2 aromatic carbocycles. The Morgan fingerprint density at radius 1 is 1.07 bits per heavy atom. The fraction of sp³-hybridized carbons (Fsp3) is 0.348. The van der Waals surface area contributed by atoms with Gasteiger partial charge in [-0.25, -0.2) is 0 Å². The molecule has 27 heavy (non-hydrogen) atoms. The largest absolute Gasteiger partial charge is 0.381 e. The number of nitrogens with zero attached hydrogens (tertiary/aromatic N) is 1. The predicted octanol–water partition coefficient (Wildman–Crippen LogP) is 2.97. The summed E-state index contributed by atoms with van der Waals surface area (Å²) in [5.41, 5.74) is 2.61. The van der Waals surface area contributed by atoms with E-state index in [2.05, 4.69) is 17.2 Å². The SMILES string of the molecule is CN(C)c1ccc(C#CCNC(=O)C2(c3ccccc3)CCOCC2)cc1. The van der Waals surface area contributed by atoms with Crippen molar-refractivity contribution in [2.75, 3.05) is 38.8 Å². The number of hydrogen-bond donors (Lipinski definition) is 1. The number of ether oxygens (including phenoxy) is 1. The number of anilines is 1. The lowest BCUT2D eigenvalue weighted by molar-refractivity contribution is -0.130.